The van der Waals surface area contributed by atoms with E-state index in [2.05, 4.69) is 39.4 Å². The smallest absolute Gasteiger partial charge is 0.228 e. The molecule has 0 fully saturated rings. The van der Waals surface area contributed by atoms with Gasteiger partial charge in [-0.2, -0.15) is 5.10 Å². The number of hydrogen-bond acceptors (Lipinski definition) is 12. The highest BCUT2D eigenvalue weighted by molar-refractivity contribution is 6.12. The summed E-state index contributed by atoms with van der Waals surface area (Å²) in [7, 11) is 3.40. The second-order valence-corrected chi connectivity index (χ2v) is 13.9. The van der Waals surface area contributed by atoms with Crippen LogP contribution < -0.4 is 15.4 Å². The molecule has 3 N–H and O–H groups in total. The van der Waals surface area contributed by atoms with E-state index >= 15 is 0 Å². The molecule has 0 saturated carbocycles. The maximum absolute atomic E-state index is 9.01. The van der Waals surface area contributed by atoms with Crippen LogP contribution in [0.15, 0.2) is 90.2 Å². The Morgan fingerprint density at radius 1 is 0.909 bits per heavy atom. The van der Waals surface area contributed by atoms with Gasteiger partial charge in [-0.3, -0.25) is 4.99 Å². The molecular formula is C42H43N11O2. The highest BCUT2D eigenvalue weighted by Gasteiger charge is 2.33. The van der Waals surface area contributed by atoms with E-state index < -0.39 is 5.92 Å². The van der Waals surface area contributed by atoms with Crippen LogP contribution in [0.3, 0.4) is 0 Å². The SMILES string of the molecule is CN=C(COCc1nc(Nc2cccc(OC)c2)nc2c1CCc1nn(-c3ccccn3)c(C(C)C)c1-2)C1C(=N)CCc2cnc(Nc3ccccc3)nc21. The van der Waals surface area contributed by atoms with E-state index in [4.69, 9.17) is 34.9 Å². The van der Waals surface area contributed by atoms with Crippen LogP contribution in [0.4, 0.5) is 23.3 Å². The molecule has 13 heteroatoms. The van der Waals surface area contributed by atoms with E-state index in [9.17, 15) is 0 Å². The van der Waals surface area contributed by atoms with Crippen LogP contribution in [0.1, 0.15) is 66.0 Å². The average molecular weight is 734 g/mol. The van der Waals surface area contributed by atoms with Gasteiger partial charge < -0.3 is 25.5 Å². The number of anilines is 4. The normalized spacial score (nSPS) is 15.0. The minimum atomic E-state index is -0.411. The van der Waals surface area contributed by atoms with Crippen LogP contribution in [0, 0.1) is 5.41 Å². The maximum atomic E-state index is 9.01. The zero-order chi connectivity index (χ0) is 37.9. The monoisotopic (exact) mass is 733 g/mol. The lowest BCUT2D eigenvalue weighted by Crippen LogP contribution is -2.31. The number of para-hydroxylation sites is 1. The van der Waals surface area contributed by atoms with Crippen LogP contribution in [0.25, 0.3) is 17.1 Å². The highest BCUT2D eigenvalue weighted by Crippen LogP contribution is 2.40. The van der Waals surface area contributed by atoms with Crippen molar-refractivity contribution in [3.05, 3.63) is 119 Å². The van der Waals surface area contributed by atoms with Crippen molar-refractivity contribution in [2.45, 2.75) is 58.0 Å². The molecule has 278 valence electrons. The number of pyridine rings is 1. The standard InChI is InChI=1S/C42H43N11O2/c1-25(2)40-37-32(52-53(40)35-15-8-9-20-45-35)19-17-30-33(49-42(51-39(30)37)48-28-13-10-14-29(21-28)54-4)23-55-24-34(44-3)36-31(43)18-16-26-22-46-41(50-38(26)36)47-27-11-6-5-7-12-27/h5-15,20-22,25,36,43H,16-19,23-24H2,1-4H3,(H,46,47,50)(H,48,49,51). The number of benzene rings is 2. The first-order chi connectivity index (χ1) is 26.9. The van der Waals surface area contributed by atoms with Crippen molar-refractivity contribution in [1.29, 1.82) is 5.41 Å². The van der Waals surface area contributed by atoms with E-state index in [1.54, 1.807) is 20.4 Å². The zero-order valence-electron chi connectivity index (χ0n) is 31.4. The van der Waals surface area contributed by atoms with Gasteiger partial charge in [-0.05, 0) is 73.6 Å². The average Bonchev–Trinajstić information content (AvgIpc) is 3.62. The lowest BCUT2D eigenvalue weighted by Gasteiger charge is -2.27. The lowest BCUT2D eigenvalue weighted by atomic mass is 9.82. The third kappa shape index (κ3) is 7.30. The molecule has 0 radical (unpaired) electrons. The van der Waals surface area contributed by atoms with Crippen molar-refractivity contribution in [2.75, 3.05) is 31.4 Å². The third-order valence-electron chi connectivity index (χ3n) is 10.00. The number of fused-ring (bicyclic) bond motifs is 4. The molecule has 4 aromatic heterocycles. The Morgan fingerprint density at radius 2 is 1.73 bits per heavy atom. The Labute approximate surface area is 319 Å². The van der Waals surface area contributed by atoms with Crippen molar-refractivity contribution in [1.82, 2.24) is 34.7 Å². The fourth-order valence-electron chi connectivity index (χ4n) is 7.39. The predicted octanol–water partition coefficient (Wildman–Crippen LogP) is 7.57. The van der Waals surface area contributed by atoms with Gasteiger partial charge in [0, 0.05) is 53.7 Å². The van der Waals surface area contributed by atoms with Gasteiger partial charge in [0.1, 0.15) is 5.75 Å². The molecular weight excluding hydrogens is 691 g/mol. The summed E-state index contributed by atoms with van der Waals surface area (Å²) in [5, 5.41) is 20.8. The van der Waals surface area contributed by atoms with Gasteiger partial charge in [0.15, 0.2) is 5.82 Å². The van der Waals surface area contributed by atoms with Crippen molar-refractivity contribution in [3.63, 3.8) is 0 Å². The summed E-state index contributed by atoms with van der Waals surface area (Å²) in [6, 6.07) is 23.4. The molecule has 2 aromatic carbocycles. The van der Waals surface area contributed by atoms with Crippen LogP contribution in [0.5, 0.6) is 5.75 Å². The fourth-order valence-corrected chi connectivity index (χ4v) is 7.39. The van der Waals surface area contributed by atoms with Gasteiger partial charge in [-0.15, -0.1) is 0 Å². The number of hydrogen-bond donors (Lipinski definition) is 3. The Hall–Kier alpha value is -6.34. The molecule has 1 atom stereocenters. The molecule has 0 spiro atoms. The molecule has 6 aromatic rings. The van der Waals surface area contributed by atoms with Gasteiger partial charge >= 0.3 is 0 Å². The Bertz CT molecular complexity index is 2380. The second-order valence-electron chi connectivity index (χ2n) is 13.9. The number of nitrogens with one attached hydrogen (secondary N) is 3. The first-order valence-electron chi connectivity index (χ1n) is 18.5. The Kier molecular flexibility index (Phi) is 10.1. The first kappa shape index (κ1) is 35.7. The summed E-state index contributed by atoms with van der Waals surface area (Å²) in [5.41, 5.74) is 10.5. The molecule has 55 heavy (non-hydrogen) atoms. The van der Waals surface area contributed by atoms with Crippen molar-refractivity contribution < 1.29 is 9.47 Å². The number of aryl methyl sites for hydroxylation is 2. The quantitative estimate of drug-likeness (QED) is 0.107. The number of ether oxygens (including phenoxy) is 2. The first-order valence-corrected chi connectivity index (χ1v) is 18.5. The van der Waals surface area contributed by atoms with Gasteiger partial charge in [0.05, 0.1) is 60.4 Å². The summed E-state index contributed by atoms with van der Waals surface area (Å²) < 4.78 is 14.0. The van der Waals surface area contributed by atoms with E-state index in [-0.39, 0.29) is 19.1 Å². The molecule has 1 unspecified atom stereocenters. The predicted molar refractivity (Wildman–Crippen MR) is 214 cm³/mol. The number of aromatic nitrogens is 7. The number of aliphatic imine (C=N–C) groups is 1. The largest absolute Gasteiger partial charge is 0.497 e. The second kappa shape index (κ2) is 15.6. The summed E-state index contributed by atoms with van der Waals surface area (Å²) in [6.07, 6.45) is 6.41. The summed E-state index contributed by atoms with van der Waals surface area (Å²) in [6.45, 7) is 4.76. The van der Waals surface area contributed by atoms with Crippen LogP contribution in [-0.2, 0) is 30.6 Å². The number of methoxy groups -OCH3 is 1. The van der Waals surface area contributed by atoms with Gasteiger partial charge in [-0.25, -0.2) is 29.6 Å². The van der Waals surface area contributed by atoms with Gasteiger partial charge in [-0.1, -0.05) is 44.2 Å². The van der Waals surface area contributed by atoms with Crippen LogP contribution in [0.2, 0.25) is 0 Å². The molecule has 0 saturated heterocycles. The topological polar surface area (TPSA) is 161 Å². The molecule has 2 aliphatic rings. The summed E-state index contributed by atoms with van der Waals surface area (Å²) in [5.74, 6) is 2.15. The lowest BCUT2D eigenvalue weighted by molar-refractivity contribution is 0.153. The Balaban J connectivity index is 1.12. The maximum Gasteiger partial charge on any atom is 0.228 e. The Morgan fingerprint density at radius 3 is 2.51 bits per heavy atom. The van der Waals surface area contributed by atoms with E-state index in [1.807, 2.05) is 83.7 Å². The van der Waals surface area contributed by atoms with Crippen molar-refractivity contribution in [3.8, 4) is 22.8 Å². The van der Waals surface area contributed by atoms with Crippen molar-refractivity contribution in [2.24, 2.45) is 4.99 Å². The minimum absolute atomic E-state index is 0.137. The van der Waals surface area contributed by atoms with Crippen LogP contribution >= 0.6 is 0 Å². The van der Waals surface area contributed by atoms with Gasteiger partial charge in [0.2, 0.25) is 11.9 Å². The molecule has 4 heterocycles. The number of rotatable bonds is 12. The third-order valence-corrected chi connectivity index (χ3v) is 10.00. The number of nitrogens with zero attached hydrogens (tertiary/aromatic N) is 8. The molecule has 0 amide bonds. The van der Waals surface area contributed by atoms with E-state index in [0.29, 0.717) is 36.9 Å². The minimum Gasteiger partial charge on any atom is -0.497 e. The highest BCUT2D eigenvalue weighted by atomic mass is 16.5. The fraction of sp³-hybridized carbons (Fsp3) is 0.286. The summed E-state index contributed by atoms with van der Waals surface area (Å²) >= 11 is 0. The molecule has 0 bridgehead atoms. The van der Waals surface area contributed by atoms with Gasteiger partial charge in [0.25, 0.3) is 0 Å². The van der Waals surface area contributed by atoms with Crippen LogP contribution in [-0.4, -0.2) is 66.9 Å². The van der Waals surface area contributed by atoms with E-state index in [0.717, 1.165) is 80.2 Å². The molecule has 0 aliphatic heterocycles. The molecule has 2 aliphatic carbocycles. The molecule has 13 nitrogen and oxygen atoms in total. The summed E-state index contributed by atoms with van der Waals surface area (Å²) in [4.78, 5) is 29.0. The van der Waals surface area contributed by atoms with Crippen molar-refractivity contribution >= 4 is 34.7 Å². The molecule has 8 rings (SSSR count). The van der Waals surface area contributed by atoms with E-state index in [1.165, 1.54) is 0 Å². The zero-order valence-corrected chi connectivity index (χ0v) is 31.4.